The minimum atomic E-state index is -0.226. The molecule has 5 heteroatoms. The lowest BCUT2D eigenvalue weighted by molar-refractivity contribution is -0.116. The molecule has 1 rings (SSSR count). The van der Waals surface area contributed by atoms with Crippen LogP contribution in [0.1, 0.15) is 12.0 Å². The van der Waals surface area contributed by atoms with E-state index in [9.17, 15) is 0 Å². The summed E-state index contributed by atoms with van der Waals surface area (Å²) in [4.78, 5) is 2.21. The molecule has 0 bridgehead atoms. The van der Waals surface area contributed by atoms with E-state index in [2.05, 4.69) is 18.0 Å². The maximum Gasteiger partial charge on any atom is 0.158 e. The van der Waals surface area contributed by atoms with Crippen molar-refractivity contribution in [3.63, 3.8) is 0 Å². The van der Waals surface area contributed by atoms with Crippen LogP contribution in [0.3, 0.4) is 0 Å². The van der Waals surface area contributed by atoms with Crippen molar-refractivity contribution in [3.05, 3.63) is 29.8 Å². The molecule has 0 aromatic heterocycles. The second-order valence-electron chi connectivity index (χ2n) is 4.79. The summed E-state index contributed by atoms with van der Waals surface area (Å²) in [5, 5.41) is 0. The highest BCUT2D eigenvalue weighted by molar-refractivity contribution is 5.28. The van der Waals surface area contributed by atoms with Crippen molar-refractivity contribution < 1.29 is 14.2 Å². The Morgan fingerprint density at radius 1 is 1.20 bits per heavy atom. The Morgan fingerprint density at radius 2 is 1.90 bits per heavy atom. The molecule has 0 aliphatic rings. The molecule has 0 aliphatic heterocycles. The van der Waals surface area contributed by atoms with E-state index in [4.69, 9.17) is 19.9 Å². The van der Waals surface area contributed by atoms with Gasteiger partial charge in [-0.1, -0.05) is 12.1 Å². The van der Waals surface area contributed by atoms with Crippen molar-refractivity contribution in [2.75, 3.05) is 34.9 Å². The maximum atomic E-state index is 5.86. The highest BCUT2D eigenvalue weighted by Crippen LogP contribution is 2.16. The Balaban J connectivity index is 2.63. The molecule has 0 radical (unpaired) electrons. The fraction of sp³-hybridized carbons (Fsp3) is 0.600. The zero-order valence-electron chi connectivity index (χ0n) is 12.8. The summed E-state index contributed by atoms with van der Waals surface area (Å²) >= 11 is 0. The summed E-state index contributed by atoms with van der Waals surface area (Å²) < 4.78 is 15.7. The van der Waals surface area contributed by atoms with Gasteiger partial charge in [-0.2, -0.15) is 0 Å². The molecule has 0 spiro atoms. The summed E-state index contributed by atoms with van der Waals surface area (Å²) in [5.74, 6) is 0.867. The quantitative estimate of drug-likeness (QED) is 0.695. The Kier molecular flexibility index (Phi) is 7.54. The van der Waals surface area contributed by atoms with Gasteiger partial charge in [-0.05, 0) is 24.7 Å². The minimum absolute atomic E-state index is 0.200. The number of rotatable bonds is 9. The molecule has 5 nitrogen and oxygen atoms in total. The number of nitrogens with zero attached hydrogens (tertiary/aromatic N) is 1. The van der Waals surface area contributed by atoms with Crippen LogP contribution in [0.15, 0.2) is 24.3 Å². The highest BCUT2D eigenvalue weighted by Gasteiger charge is 2.19. The van der Waals surface area contributed by atoms with Crippen LogP contribution in [0.4, 0.5) is 0 Å². The van der Waals surface area contributed by atoms with Gasteiger partial charge in [0.15, 0.2) is 6.29 Å². The van der Waals surface area contributed by atoms with Gasteiger partial charge in [0.25, 0.3) is 0 Å². The Bertz CT molecular complexity index is 383. The van der Waals surface area contributed by atoms with E-state index in [0.29, 0.717) is 6.54 Å². The van der Waals surface area contributed by atoms with Crippen molar-refractivity contribution in [2.45, 2.75) is 25.3 Å². The van der Waals surface area contributed by atoms with Crippen molar-refractivity contribution in [3.8, 4) is 5.75 Å². The van der Waals surface area contributed by atoms with Gasteiger partial charge in [0, 0.05) is 39.8 Å². The number of likely N-dealkylation sites (N-methyl/N-ethyl adjacent to an activating group) is 1. The fourth-order valence-corrected chi connectivity index (χ4v) is 2.15. The number of nitrogens with two attached hydrogens (primary N) is 1. The van der Waals surface area contributed by atoms with Crippen molar-refractivity contribution in [1.82, 2.24) is 4.90 Å². The van der Waals surface area contributed by atoms with Gasteiger partial charge in [0.1, 0.15) is 5.75 Å². The smallest absolute Gasteiger partial charge is 0.158 e. The lowest BCUT2D eigenvalue weighted by Gasteiger charge is -2.29. The molecular formula is C15H26N2O3. The van der Waals surface area contributed by atoms with Gasteiger partial charge >= 0.3 is 0 Å². The summed E-state index contributed by atoms with van der Waals surface area (Å²) in [6.45, 7) is 1.36. The molecular weight excluding hydrogens is 256 g/mol. The molecule has 1 aromatic rings. The van der Waals surface area contributed by atoms with E-state index >= 15 is 0 Å². The van der Waals surface area contributed by atoms with Gasteiger partial charge in [-0.15, -0.1) is 0 Å². The standard InChI is InChI=1S/C15H26N2O3/c1-17(13(10-16)9-15(19-3)20-4)11-12-6-5-7-14(8-12)18-2/h5-8,13,15H,9-11,16H2,1-4H3. The first-order valence-corrected chi connectivity index (χ1v) is 6.73. The Hall–Kier alpha value is -1.14. The average Bonchev–Trinajstić information content (AvgIpc) is 2.48. The monoisotopic (exact) mass is 282 g/mol. The lowest BCUT2D eigenvalue weighted by atomic mass is 10.1. The summed E-state index contributed by atoms with van der Waals surface area (Å²) in [7, 11) is 7.01. The predicted molar refractivity (Wildman–Crippen MR) is 79.7 cm³/mol. The molecule has 0 heterocycles. The largest absolute Gasteiger partial charge is 0.497 e. The third-order valence-corrected chi connectivity index (χ3v) is 3.45. The summed E-state index contributed by atoms with van der Waals surface area (Å²) in [6, 6.07) is 8.25. The highest BCUT2D eigenvalue weighted by atomic mass is 16.7. The van der Waals surface area contributed by atoms with E-state index in [1.807, 2.05) is 18.2 Å². The number of ether oxygens (including phenoxy) is 3. The van der Waals surface area contributed by atoms with Crippen LogP contribution in [0.5, 0.6) is 5.75 Å². The first-order valence-electron chi connectivity index (χ1n) is 6.73. The zero-order chi connectivity index (χ0) is 15.0. The van der Waals surface area contributed by atoms with Gasteiger partial charge in [0.2, 0.25) is 0 Å². The van der Waals surface area contributed by atoms with Crippen LogP contribution < -0.4 is 10.5 Å². The molecule has 0 saturated carbocycles. The molecule has 2 N–H and O–H groups in total. The fourth-order valence-electron chi connectivity index (χ4n) is 2.15. The van der Waals surface area contributed by atoms with Crippen LogP contribution >= 0.6 is 0 Å². The molecule has 114 valence electrons. The van der Waals surface area contributed by atoms with Gasteiger partial charge in [-0.25, -0.2) is 0 Å². The third kappa shape index (κ3) is 5.09. The van der Waals surface area contributed by atoms with Crippen LogP contribution in [-0.2, 0) is 16.0 Å². The lowest BCUT2D eigenvalue weighted by Crippen LogP contribution is -2.40. The van der Waals surface area contributed by atoms with Crippen molar-refractivity contribution in [2.24, 2.45) is 5.73 Å². The molecule has 1 atom stereocenters. The maximum absolute atomic E-state index is 5.86. The van der Waals surface area contributed by atoms with Crippen LogP contribution in [-0.4, -0.2) is 52.2 Å². The van der Waals surface area contributed by atoms with E-state index in [-0.39, 0.29) is 12.3 Å². The SMILES string of the molecule is COc1cccc(CN(C)C(CN)CC(OC)OC)c1. The van der Waals surface area contributed by atoms with Crippen LogP contribution in [0, 0.1) is 0 Å². The summed E-state index contributed by atoms with van der Waals surface area (Å²) in [6.07, 6.45) is 0.514. The minimum Gasteiger partial charge on any atom is -0.497 e. The number of hydrogen-bond acceptors (Lipinski definition) is 5. The molecule has 1 aromatic carbocycles. The molecule has 20 heavy (non-hydrogen) atoms. The molecule has 0 saturated heterocycles. The summed E-state index contributed by atoms with van der Waals surface area (Å²) in [5.41, 5.74) is 7.06. The molecule has 0 amide bonds. The van der Waals surface area contributed by atoms with Crippen LogP contribution in [0.25, 0.3) is 0 Å². The zero-order valence-corrected chi connectivity index (χ0v) is 12.8. The second kappa shape index (κ2) is 8.92. The van der Waals surface area contributed by atoms with Crippen LogP contribution in [0.2, 0.25) is 0 Å². The Morgan fingerprint density at radius 3 is 2.45 bits per heavy atom. The molecule has 0 aliphatic carbocycles. The first-order chi connectivity index (χ1) is 9.64. The van der Waals surface area contributed by atoms with Gasteiger partial charge in [0.05, 0.1) is 7.11 Å². The molecule has 0 fully saturated rings. The Labute approximate surface area is 121 Å². The van der Waals surface area contributed by atoms with E-state index in [0.717, 1.165) is 18.7 Å². The number of methoxy groups -OCH3 is 3. The topological polar surface area (TPSA) is 57.0 Å². The van der Waals surface area contributed by atoms with Gasteiger partial charge < -0.3 is 19.9 Å². The van der Waals surface area contributed by atoms with E-state index < -0.39 is 0 Å². The first kappa shape index (κ1) is 16.9. The number of hydrogen-bond donors (Lipinski definition) is 1. The normalized spacial score (nSPS) is 12.9. The van der Waals surface area contributed by atoms with E-state index in [1.54, 1.807) is 21.3 Å². The number of benzene rings is 1. The van der Waals surface area contributed by atoms with E-state index in [1.165, 1.54) is 5.56 Å². The van der Waals surface area contributed by atoms with Crippen molar-refractivity contribution >= 4 is 0 Å². The average molecular weight is 282 g/mol. The van der Waals surface area contributed by atoms with Crippen molar-refractivity contribution in [1.29, 1.82) is 0 Å². The predicted octanol–water partition coefficient (Wildman–Crippen LogP) is 1.46. The second-order valence-corrected chi connectivity index (χ2v) is 4.79. The third-order valence-electron chi connectivity index (χ3n) is 3.45. The van der Waals surface area contributed by atoms with Gasteiger partial charge in [-0.3, -0.25) is 4.90 Å². The molecule has 1 unspecified atom stereocenters.